The summed E-state index contributed by atoms with van der Waals surface area (Å²) in [5.41, 5.74) is 1.97. The average molecular weight is 346 g/mol. The van der Waals surface area contributed by atoms with E-state index in [4.69, 9.17) is 0 Å². The lowest BCUT2D eigenvalue weighted by Crippen LogP contribution is -2.40. The number of aryl methyl sites for hydroxylation is 1. The van der Waals surface area contributed by atoms with Gasteiger partial charge in [-0.2, -0.15) is 4.68 Å². The van der Waals surface area contributed by atoms with Crippen LogP contribution in [-0.2, 0) is 12.8 Å². The molecule has 1 atom stereocenters. The molecule has 2 aromatic heterocycles. The second kappa shape index (κ2) is 6.60. The van der Waals surface area contributed by atoms with Gasteiger partial charge in [-0.3, -0.25) is 9.69 Å². The number of amides is 1. The first-order valence-corrected chi connectivity index (χ1v) is 9.49. The Labute approximate surface area is 145 Å². The van der Waals surface area contributed by atoms with Crippen LogP contribution in [0.15, 0.2) is 6.33 Å². The Morgan fingerprint density at radius 1 is 1.42 bits per heavy atom. The van der Waals surface area contributed by atoms with Crippen LogP contribution in [0, 0.1) is 0 Å². The molecule has 0 bridgehead atoms. The zero-order valence-corrected chi connectivity index (χ0v) is 14.7. The Morgan fingerprint density at radius 3 is 3.12 bits per heavy atom. The molecule has 0 spiro atoms. The highest BCUT2D eigenvalue weighted by Gasteiger charge is 2.29. The molecule has 0 unspecified atom stereocenters. The zero-order chi connectivity index (χ0) is 16.5. The summed E-state index contributed by atoms with van der Waals surface area (Å²) >= 11 is 1.65. The van der Waals surface area contributed by atoms with Crippen molar-refractivity contribution < 1.29 is 4.79 Å². The summed E-state index contributed by atoms with van der Waals surface area (Å²) in [5, 5.41) is 15.4. The van der Waals surface area contributed by atoms with Crippen LogP contribution in [0.5, 0.6) is 0 Å². The standard InChI is InChI=1S/C16H22N6OS/c1-2-21-8-4-5-11(21)9-17-15(23)14-12-6-3-7-13(12)24-16(14)22-10-18-19-20-22/h10-11H,2-9H2,1H3,(H,17,23)/t11-/m1/s1. The molecule has 1 aliphatic carbocycles. The lowest BCUT2D eigenvalue weighted by Gasteiger charge is -2.23. The number of rotatable bonds is 5. The Hall–Kier alpha value is -1.80. The van der Waals surface area contributed by atoms with E-state index in [1.165, 1.54) is 16.9 Å². The maximum Gasteiger partial charge on any atom is 0.254 e. The third kappa shape index (κ3) is 2.73. The molecule has 1 aliphatic heterocycles. The summed E-state index contributed by atoms with van der Waals surface area (Å²) in [5.74, 6) is 0.0165. The van der Waals surface area contributed by atoms with E-state index in [1.807, 2.05) is 0 Å². The first-order valence-electron chi connectivity index (χ1n) is 8.68. The molecule has 1 fully saturated rings. The first kappa shape index (κ1) is 15.7. The number of fused-ring (bicyclic) bond motifs is 1. The molecule has 0 saturated carbocycles. The summed E-state index contributed by atoms with van der Waals surface area (Å²) in [4.78, 5) is 16.7. The Balaban J connectivity index is 1.56. The van der Waals surface area contributed by atoms with E-state index in [0.717, 1.165) is 49.3 Å². The molecular weight excluding hydrogens is 324 g/mol. The smallest absolute Gasteiger partial charge is 0.254 e. The molecule has 0 radical (unpaired) electrons. The number of nitrogens with zero attached hydrogens (tertiary/aromatic N) is 5. The summed E-state index contributed by atoms with van der Waals surface area (Å²) in [6, 6.07) is 0.460. The van der Waals surface area contributed by atoms with Gasteiger partial charge in [-0.05, 0) is 61.2 Å². The quantitative estimate of drug-likeness (QED) is 0.886. The van der Waals surface area contributed by atoms with Crippen LogP contribution >= 0.6 is 11.3 Å². The molecular formula is C16H22N6OS. The fourth-order valence-electron chi connectivity index (χ4n) is 3.88. The molecule has 1 saturated heterocycles. The topological polar surface area (TPSA) is 75.9 Å². The van der Waals surface area contributed by atoms with Crippen LogP contribution in [-0.4, -0.2) is 56.7 Å². The average Bonchev–Trinajstić information content (AvgIpc) is 3.35. The number of carbonyl (C=O) groups excluding carboxylic acids is 1. The third-order valence-corrected chi connectivity index (χ3v) is 6.37. The monoisotopic (exact) mass is 346 g/mol. The normalized spacial score (nSPS) is 20.5. The minimum absolute atomic E-state index is 0.0165. The summed E-state index contributed by atoms with van der Waals surface area (Å²) < 4.78 is 1.62. The predicted molar refractivity (Wildman–Crippen MR) is 91.7 cm³/mol. The van der Waals surface area contributed by atoms with Gasteiger partial charge in [0.05, 0.1) is 5.56 Å². The maximum atomic E-state index is 12.9. The van der Waals surface area contributed by atoms with Gasteiger partial charge in [0.25, 0.3) is 5.91 Å². The lowest BCUT2D eigenvalue weighted by molar-refractivity contribution is 0.0941. The molecule has 7 nitrogen and oxygen atoms in total. The van der Waals surface area contributed by atoms with Gasteiger partial charge < -0.3 is 5.32 Å². The first-order chi connectivity index (χ1) is 11.8. The minimum Gasteiger partial charge on any atom is -0.350 e. The fourth-order valence-corrected chi connectivity index (χ4v) is 5.18. The molecule has 1 N–H and O–H groups in total. The summed E-state index contributed by atoms with van der Waals surface area (Å²) in [6.07, 6.45) is 7.10. The van der Waals surface area contributed by atoms with Crippen molar-refractivity contribution in [2.24, 2.45) is 0 Å². The van der Waals surface area contributed by atoms with Gasteiger partial charge in [0.1, 0.15) is 11.3 Å². The van der Waals surface area contributed by atoms with Gasteiger partial charge in [0.2, 0.25) is 0 Å². The molecule has 2 aliphatic rings. The van der Waals surface area contributed by atoms with E-state index in [0.29, 0.717) is 12.6 Å². The number of tetrazole rings is 1. The molecule has 2 aromatic rings. The van der Waals surface area contributed by atoms with Crippen LogP contribution in [0.2, 0.25) is 0 Å². The van der Waals surface area contributed by atoms with Crippen molar-refractivity contribution >= 4 is 17.2 Å². The highest BCUT2D eigenvalue weighted by atomic mass is 32.1. The fraction of sp³-hybridized carbons (Fsp3) is 0.625. The Morgan fingerprint density at radius 2 is 2.33 bits per heavy atom. The Kier molecular flexibility index (Phi) is 4.32. The van der Waals surface area contributed by atoms with Gasteiger partial charge >= 0.3 is 0 Å². The van der Waals surface area contributed by atoms with Crippen molar-refractivity contribution in [3.63, 3.8) is 0 Å². The van der Waals surface area contributed by atoms with Crippen molar-refractivity contribution in [2.45, 2.75) is 45.1 Å². The van der Waals surface area contributed by atoms with Crippen LogP contribution in [0.1, 0.15) is 47.0 Å². The molecule has 0 aromatic carbocycles. The number of carbonyl (C=O) groups is 1. The van der Waals surface area contributed by atoms with Crippen LogP contribution in [0.3, 0.4) is 0 Å². The number of hydrogen-bond acceptors (Lipinski definition) is 6. The summed E-state index contributed by atoms with van der Waals surface area (Å²) in [7, 11) is 0. The van der Waals surface area contributed by atoms with Crippen molar-refractivity contribution in [1.82, 2.24) is 30.4 Å². The van der Waals surface area contributed by atoms with E-state index in [1.54, 1.807) is 22.3 Å². The van der Waals surface area contributed by atoms with E-state index in [2.05, 4.69) is 32.7 Å². The second-order valence-electron chi connectivity index (χ2n) is 6.43. The summed E-state index contributed by atoms with van der Waals surface area (Å²) in [6.45, 7) is 5.08. The Bertz CT molecular complexity index is 725. The lowest BCUT2D eigenvalue weighted by atomic mass is 10.1. The molecule has 1 amide bonds. The number of likely N-dealkylation sites (tertiary alicyclic amines) is 1. The van der Waals surface area contributed by atoms with Crippen LogP contribution < -0.4 is 5.32 Å². The highest BCUT2D eigenvalue weighted by molar-refractivity contribution is 7.15. The minimum atomic E-state index is 0.0165. The van der Waals surface area contributed by atoms with E-state index < -0.39 is 0 Å². The van der Waals surface area contributed by atoms with Gasteiger partial charge in [-0.25, -0.2) is 0 Å². The van der Waals surface area contributed by atoms with Gasteiger partial charge in [-0.15, -0.1) is 16.4 Å². The molecule has 8 heteroatoms. The van der Waals surface area contributed by atoms with Gasteiger partial charge in [0, 0.05) is 17.5 Å². The van der Waals surface area contributed by atoms with Crippen molar-refractivity contribution in [3.05, 3.63) is 22.3 Å². The van der Waals surface area contributed by atoms with Crippen LogP contribution in [0.25, 0.3) is 5.00 Å². The number of aromatic nitrogens is 4. The van der Waals surface area contributed by atoms with Gasteiger partial charge in [0.15, 0.2) is 0 Å². The third-order valence-electron chi connectivity index (χ3n) is 5.09. The van der Waals surface area contributed by atoms with E-state index >= 15 is 0 Å². The highest BCUT2D eigenvalue weighted by Crippen LogP contribution is 2.37. The van der Waals surface area contributed by atoms with Crippen molar-refractivity contribution in [1.29, 1.82) is 0 Å². The van der Waals surface area contributed by atoms with Crippen molar-refractivity contribution in [3.8, 4) is 5.00 Å². The predicted octanol–water partition coefficient (Wildman–Crippen LogP) is 1.43. The van der Waals surface area contributed by atoms with Crippen molar-refractivity contribution in [2.75, 3.05) is 19.6 Å². The van der Waals surface area contributed by atoms with E-state index in [-0.39, 0.29) is 5.91 Å². The number of likely N-dealkylation sites (N-methyl/N-ethyl adjacent to an activating group) is 1. The number of nitrogens with one attached hydrogen (secondary N) is 1. The number of hydrogen-bond donors (Lipinski definition) is 1. The molecule has 3 heterocycles. The second-order valence-corrected chi connectivity index (χ2v) is 7.51. The number of thiophene rings is 1. The van der Waals surface area contributed by atoms with Crippen LogP contribution in [0.4, 0.5) is 0 Å². The largest absolute Gasteiger partial charge is 0.350 e. The molecule has 128 valence electrons. The van der Waals surface area contributed by atoms with E-state index in [9.17, 15) is 4.79 Å². The molecule has 24 heavy (non-hydrogen) atoms. The maximum absolute atomic E-state index is 12.9. The zero-order valence-electron chi connectivity index (χ0n) is 13.9. The SMILES string of the molecule is CCN1CCC[C@@H]1CNC(=O)c1c(-n2cnnn2)sc2c1CCC2. The van der Waals surface area contributed by atoms with Gasteiger partial charge in [-0.1, -0.05) is 6.92 Å². The molecule has 4 rings (SSSR count).